The third-order valence-corrected chi connectivity index (χ3v) is 8.04. The Labute approximate surface area is 142 Å². The monoisotopic (exact) mass is 366 g/mol. The summed E-state index contributed by atoms with van der Waals surface area (Å²) in [5.41, 5.74) is 0. The first-order chi connectivity index (χ1) is 8.13. The highest BCUT2D eigenvalue weighted by Crippen LogP contribution is 2.22. The molecule has 7 heteroatoms. The van der Waals surface area contributed by atoms with Gasteiger partial charge >= 0.3 is 0 Å². The molecule has 0 fully saturated rings. The van der Waals surface area contributed by atoms with Crippen molar-refractivity contribution in [3.8, 4) is 0 Å². The molecule has 0 aliphatic heterocycles. The molecule has 0 rings (SSSR count). The summed E-state index contributed by atoms with van der Waals surface area (Å²) in [6, 6.07) is 0. The van der Waals surface area contributed by atoms with Gasteiger partial charge in [-0.05, 0) is 12.2 Å². The van der Waals surface area contributed by atoms with Gasteiger partial charge in [0.25, 0.3) is 0 Å². The van der Waals surface area contributed by atoms with Crippen LogP contribution in [0.4, 0.5) is 0 Å². The second kappa shape index (κ2) is 13.4. The van der Waals surface area contributed by atoms with E-state index in [0.717, 1.165) is 28.8 Å². The van der Waals surface area contributed by atoms with Crippen molar-refractivity contribution in [2.75, 3.05) is 34.5 Å². The van der Waals surface area contributed by atoms with Crippen molar-refractivity contribution in [2.45, 2.75) is 22.2 Å². The summed E-state index contributed by atoms with van der Waals surface area (Å²) in [5, 5.41) is 1.44. The Kier molecular flexibility index (Phi) is 15.4. The van der Waals surface area contributed by atoms with E-state index in [0.29, 0.717) is 15.7 Å². The highest BCUT2D eigenvalue weighted by Gasteiger charge is 2.10. The molecule has 0 aromatic heterocycles. The maximum absolute atomic E-state index is 4.45. The van der Waals surface area contributed by atoms with Gasteiger partial charge in [0.2, 0.25) is 0 Å². The largest absolute Gasteiger partial charge is 0.178 e. The molecule has 0 saturated carbocycles. The first-order valence-electron chi connectivity index (χ1n) is 5.52. The van der Waals surface area contributed by atoms with Crippen molar-refractivity contribution in [3.63, 3.8) is 0 Å². The zero-order valence-electron chi connectivity index (χ0n) is 9.73. The van der Waals surface area contributed by atoms with E-state index in [4.69, 9.17) is 0 Å². The van der Waals surface area contributed by atoms with Crippen LogP contribution in [0.1, 0.15) is 6.42 Å². The predicted octanol–water partition coefficient (Wildman–Crippen LogP) is 3.60. The van der Waals surface area contributed by atoms with Gasteiger partial charge in [0.15, 0.2) is 0 Å². The average molecular weight is 367 g/mol. The topological polar surface area (TPSA) is 0 Å². The van der Waals surface area contributed by atoms with E-state index < -0.39 is 0 Å². The van der Waals surface area contributed by atoms with Crippen LogP contribution >= 0.6 is 86.7 Å². The molecule has 3 unspecified atom stereocenters. The van der Waals surface area contributed by atoms with Gasteiger partial charge in [-0.15, -0.1) is 0 Å². The molecule has 0 heterocycles. The Bertz CT molecular complexity index is 167. The molecule has 3 atom stereocenters. The Morgan fingerprint density at radius 2 is 1.41 bits per heavy atom. The van der Waals surface area contributed by atoms with E-state index in [1.54, 1.807) is 0 Å². The van der Waals surface area contributed by atoms with Crippen LogP contribution in [0, 0.1) is 0 Å². The Morgan fingerprint density at radius 1 is 0.824 bits per heavy atom. The van der Waals surface area contributed by atoms with E-state index >= 15 is 0 Å². The highest BCUT2D eigenvalue weighted by molar-refractivity contribution is 8.02. The van der Waals surface area contributed by atoms with Crippen LogP contribution in [0.5, 0.6) is 0 Å². The van der Waals surface area contributed by atoms with E-state index in [1.807, 2.05) is 23.5 Å². The molecule has 0 saturated heterocycles. The molecule has 104 valence electrons. The standard InChI is InChI=1S/C10H22S7/c11-3-8(14)6-16-2-1-10(5-13)17-7-9(15)4-12/h8-15H,1-7H2. The number of thioether (sulfide) groups is 2. The quantitative estimate of drug-likeness (QED) is 0.280. The second-order valence-corrected chi connectivity index (χ2v) is 8.71. The van der Waals surface area contributed by atoms with Crippen LogP contribution in [0.3, 0.4) is 0 Å². The van der Waals surface area contributed by atoms with E-state index in [9.17, 15) is 0 Å². The van der Waals surface area contributed by atoms with E-state index in [2.05, 4.69) is 63.1 Å². The third kappa shape index (κ3) is 11.9. The first kappa shape index (κ1) is 19.4. The normalized spacial score (nSPS) is 16.8. The average Bonchev–Trinajstić information content (AvgIpc) is 2.36. The fourth-order valence-electron chi connectivity index (χ4n) is 1.01. The molecule has 0 spiro atoms. The Morgan fingerprint density at radius 3 is 1.94 bits per heavy atom. The fourth-order valence-corrected chi connectivity index (χ4v) is 4.85. The second-order valence-electron chi connectivity index (χ2n) is 3.67. The van der Waals surface area contributed by atoms with Crippen LogP contribution in [0.15, 0.2) is 0 Å². The molecule has 0 aliphatic carbocycles. The third-order valence-electron chi connectivity index (χ3n) is 2.04. The molecule has 0 aromatic carbocycles. The number of rotatable bonds is 11. The van der Waals surface area contributed by atoms with Crippen LogP contribution in [-0.4, -0.2) is 50.3 Å². The molecule has 0 nitrogen and oxygen atoms in total. The predicted molar refractivity (Wildman–Crippen MR) is 105 cm³/mol. The van der Waals surface area contributed by atoms with E-state index in [1.165, 1.54) is 12.2 Å². The Balaban J connectivity index is 3.54. The summed E-state index contributed by atoms with van der Waals surface area (Å²) < 4.78 is 0. The molecular formula is C10H22S7. The lowest BCUT2D eigenvalue weighted by Gasteiger charge is -2.16. The van der Waals surface area contributed by atoms with Gasteiger partial charge in [0.05, 0.1) is 0 Å². The Hall–Kier alpha value is 2.45. The highest BCUT2D eigenvalue weighted by atomic mass is 32.2. The molecular weight excluding hydrogens is 345 g/mol. The lowest BCUT2D eigenvalue weighted by molar-refractivity contribution is 0.926. The summed E-state index contributed by atoms with van der Waals surface area (Å²) in [7, 11) is 0. The molecule has 0 radical (unpaired) electrons. The van der Waals surface area contributed by atoms with Crippen molar-refractivity contribution in [1.29, 1.82) is 0 Å². The van der Waals surface area contributed by atoms with Crippen molar-refractivity contribution < 1.29 is 0 Å². The summed E-state index contributed by atoms with van der Waals surface area (Å²) in [6.07, 6.45) is 1.21. The summed E-state index contributed by atoms with van der Waals surface area (Å²) >= 11 is 25.7. The lowest BCUT2D eigenvalue weighted by atomic mass is 10.4. The minimum absolute atomic E-state index is 0.393. The van der Waals surface area contributed by atoms with Gasteiger partial charge in [-0.3, -0.25) is 0 Å². The van der Waals surface area contributed by atoms with Crippen LogP contribution in [0.25, 0.3) is 0 Å². The van der Waals surface area contributed by atoms with Gasteiger partial charge in [0.1, 0.15) is 0 Å². The summed E-state index contributed by atoms with van der Waals surface area (Å²) in [6.45, 7) is 0. The summed E-state index contributed by atoms with van der Waals surface area (Å²) in [5.74, 6) is 5.96. The minimum Gasteiger partial charge on any atom is -0.178 e. The maximum atomic E-state index is 4.45. The van der Waals surface area contributed by atoms with E-state index in [-0.39, 0.29) is 0 Å². The van der Waals surface area contributed by atoms with Crippen molar-refractivity contribution in [2.24, 2.45) is 0 Å². The van der Waals surface area contributed by atoms with Crippen molar-refractivity contribution >= 4 is 86.7 Å². The van der Waals surface area contributed by atoms with Crippen molar-refractivity contribution in [3.05, 3.63) is 0 Å². The molecule has 0 N–H and O–H groups in total. The molecule has 17 heavy (non-hydrogen) atoms. The van der Waals surface area contributed by atoms with Gasteiger partial charge in [0, 0.05) is 44.5 Å². The number of hydrogen-bond acceptors (Lipinski definition) is 7. The van der Waals surface area contributed by atoms with Crippen molar-refractivity contribution in [1.82, 2.24) is 0 Å². The van der Waals surface area contributed by atoms with Gasteiger partial charge in [-0.2, -0.15) is 86.7 Å². The van der Waals surface area contributed by atoms with Crippen LogP contribution < -0.4 is 0 Å². The molecule has 0 aliphatic rings. The van der Waals surface area contributed by atoms with Gasteiger partial charge in [-0.1, -0.05) is 0 Å². The van der Waals surface area contributed by atoms with Gasteiger partial charge in [-0.25, -0.2) is 0 Å². The first-order valence-corrected chi connectivity index (χ1v) is 10.6. The SMILES string of the molecule is SCC(S)CSCCC(CS)SCC(S)CS. The number of hydrogen-bond donors (Lipinski definition) is 5. The molecule has 0 aromatic rings. The molecule has 0 bridgehead atoms. The lowest BCUT2D eigenvalue weighted by Crippen LogP contribution is -2.13. The summed E-state index contributed by atoms with van der Waals surface area (Å²) in [4.78, 5) is 0. The van der Waals surface area contributed by atoms with Gasteiger partial charge < -0.3 is 0 Å². The zero-order chi connectivity index (χ0) is 13.1. The maximum Gasteiger partial charge on any atom is 0.0196 e. The zero-order valence-corrected chi connectivity index (χ0v) is 15.8. The van der Waals surface area contributed by atoms with Crippen LogP contribution in [-0.2, 0) is 0 Å². The number of thiol groups is 5. The molecule has 0 amide bonds. The smallest absolute Gasteiger partial charge is 0.0196 e. The van der Waals surface area contributed by atoms with Crippen LogP contribution in [0.2, 0.25) is 0 Å². The minimum atomic E-state index is 0.393. The fraction of sp³-hybridized carbons (Fsp3) is 1.00.